The second-order valence-electron chi connectivity index (χ2n) is 6.87. The number of nitrogens with two attached hydrogens (primary N) is 1. The van der Waals surface area contributed by atoms with Gasteiger partial charge in [0.15, 0.2) is 0 Å². The second kappa shape index (κ2) is 6.59. The minimum absolute atomic E-state index is 0.0831. The first-order valence-corrected chi connectivity index (χ1v) is 8.43. The van der Waals surface area contributed by atoms with Crippen molar-refractivity contribution in [3.63, 3.8) is 0 Å². The number of rotatable bonds is 3. The molecule has 0 aromatic heterocycles. The number of allylic oxidation sites excluding steroid dienone is 1. The van der Waals surface area contributed by atoms with E-state index in [1.54, 1.807) is 5.57 Å². The van der Waals surface area contributed by atoms with E-state index >= 15 is 0 Å². The SMILES string of the molecule is NC(CC1=CCCCC1)C1CCOC2(CCOCC2)C1. The fourth-order valence-corrected chi connectivity index (χ4v) is 4.08. The first kappa shape index (κ1) is 14.6. The molecule has 2 saturated heterocycles. The smallest absolute Gasteiger partial charge is 0.0729 e. The van der Waals surface area contributed by atoms with Crippen LogP contribution in [0.3, 0.4) is 0 Å². The normalized spacial score (nSPS) is 31.9. The van der Waals surface area contributed by atoms with Gasteiger partial charge >= 0.3 is 0 Å². The van der Waals surface area contributed by atoms with E-state index < -0.39 is 0 Å². The summed E-state index contributed by atoms with van der Waals surface area (Å²) in [7, 11) is 0. The average Bonchev–Trinajstić information content (AvgIpc) is 2.49. The van der Waals surface area contributed by atoms with E-state index in [9.17, 15) is 0 Å². The molecule has 2 fully saturated rings. The van der Waals surface area contributed by atoms with Crippen molar-refractivity contribution in [1.82, 2.24) is 0 Å². The zero-order valence-electron chi connectivity index (χ0n) is 12.6. The van der Waals surface area contributed by atoms with Crippen LogP contribution in [0.15, 0.2) is 11.6 Å². The Morgan fingerprint density at radius 2 is 2.10 bits per heavy atom. The Balaban J connectivity index is 1.56. The first-order chi connectivity index (χ1) is 9.77. The van der Waals surface area contributed by atoms with Gasteiger partial charge in [-0.15, -0.1) is 0 Å². The fraction of sp³-hybridized carbons (Fsp3) is 0.882. The zero-order valence-corrected chi connectivity index (χ0v) is 12.6. The molecule has 2 unspecified atom stereocenters. The Morgan fingerprint density at radius 1 is 1.25 bits per heavy atom. The van der Waals surface area contributed by atoms with Crippen LogP contribution >= 0.6 is 0 Å². The van der Waals surface area contributed by atoms with Crippen LogP contribution in [0.25, 0.3) is 0 Å². The molecule has 0 radical (unpaired) electrons. The number of hydrogen-bond acceptors (Lipinski definition) is 3. The largest absolute Gasteiger partial charge is 0.381 e. The topological polar surface area (TPSA) is 44.5 Å². The maximum atomic E-state index is 6.54. The third-order valence-electron chi connectivity index (χ3n) is 5.42. The van der Waals surface area contributed by atoms with E-state index in [0.717, 1.165) is 51.9 Å². The highest BCUT2D eigenvalue weighted by Gasteiger charge is 2.40. The monoisotopic (exact) mass is 279 g/mol. The Kier molecular flexibility index (Phi) is 4.79. The summed E-state index contributed by atoms with van der Waals surface area (Å²) < 4.78 is 11.6. The van der Waals surface area contributed by atoms with Gasteiger partial charge in [-0.3, -0.25) is 0 Å². The maximum Gasteiger partial charge on any atom is 0.0729 e. The van der Waals surface area contributed by atoms with Crippen LogP contribution in [0.2, 0.25) is 0 Å². The van der Waals surface area contributed by atoms with Gasteiger partial charge in [0.2, 0.25) is 0 Å². The van der Waals surface area contributed by atoms with Crippen LogP contribution in [-0.2, 0) is 9.47 Å². The quantitative estimate of drug-likeness (QED) is 0.807. The van der Waals surface area contributed by atoms with Crippen LogP contribution in [0.4, 0.5) is 0 Å². The lowest BCUT2D eigenvalue weighted by atomic mass is 9.76. The van der Waals surface area contributed by atoms with E-state index in [1.165, 1.54) is 25.7 Å². The molecule has 2 aliphatic heterocycles. The molecule has 20 heavy (non-hydrogen) atoms. The molecule has 0 bridgehead atoms. The third kappa shape index (κ3) is 3.44. The highest BCUT2D eigenvalue weighted by molar-refractivity contribution is 5.08. The van der Waals surface area contributed by atoms with Crippen molar-refractivity contribution in [2.45, 2.75) is 69.4 Å². The van der Waals surface area contributed by atoms with E-state index in [2.05, 4.69) is 6.08 Å². The van der Waals surface area contributed by atoms with Crippen LogP contribution in [0.5, 0.6) is 0 Å². The van der Waals surface area contributed by atoms with E-state index in [1.807, 2.05) is 0 Å². The minimum Gasteiger partial charge on any atom is -0.381 e. The van der Waals surface area contributed by atoms with Crippen molar-refractivity contribution >= 4 is 0 Å². The van der Waals surface area contributed by atoms with E-state index in [0.29, 0.717) is 12.0 Å². The summed E-state index contributed by atoms with van der Waals surface area (Å²) in [6.07, 6.45) is 13.2. The molecule has 3 aliphatic rings. The van der Waals surface area contributed by atoms with Gasteiger partial charge in [-0.05, 0) is 63.7 Å². The average molecular weight is 279 g/mol. The lowest BCUT2D eigenvalue weighted by Gasteiger charge is -2.45. The Labute approximate surface area is 122 Å². The van der Waals surface area contributed by atoms with Gasteiger partial charge < -0.3 is 15.2 Å². The molecule has 0 aromatic rings. The lowest BCUT2D eigenvalue weighted by molar-refractivity contribution is -0.149. The summed E-state index contributed by atoms with van der Waals surface area (Å²) in [6.45, 7) is 2.59. The summed E-state index contributed by atoms with van der Waals surface area (Å²) in [6, 6.07) is 0.322. The lowest BCUT2D eigenvalue weighted by Crippen LogP contribution is -2.48. The number of ether oxygens (including phenoxy) is 2. The van der Waals surface area contributed by atoms with Gasteiger partial charge in [-0.1, -0.05) is 11.6 Å². The molecular formula is C17H29NO2. The van der Waals surface area contributed by atoms with E-state index in [4.69, 9.17) is 15.2 Å². The van der Waals surface area contributed by atoms with Crippen molar-refractivity contribution in [1.29, 1.82) is 0 Å². The van der Waals surface area contributed by atoms with Crippen LogP contribution in [-0.4, -0.2) is 31.5 Å². The molecule has 2 atom stereocenters. The highest BCUT2D eigenvalue weighted by atomic mass is 16.5. The molecule has 3 nitrogen and oxygen atoms in total. The molecule has 114 valence electrons. The van der Waals surface area contributed by atoms with Crippen molar-refractivity contribution in [3.8, 4) is 0 Å². The highest BCUT2D eigenvalue weighted by Crippen LogP contribution is 2.39. The number of hydrogen-bond donors (Lipinski definition) is 1. The third-order valence-corrected chi connectivity index (χ3v) is 5.42. The Morgan fingerprint density at radius 3 is 2.85 bits per heavy atom. The zero-order chi connectivity index (χ0) is 13.8. The maximum absolute atomic E-state index is 6.54. The molecule has 3 rings (SSSR count). The standard InChI is InChI=1S/C17H29NO2/c18-16(12-14-4-2-1-3-5-14)15-6-9-20-17(13-15)7-10-19-11-8-17/h4,15-16H,1-3,5-13,18H2. The van der Waals surface area contributed by atoms with Crippen LogP contribution in [0.1, 0.15) is 57.8 Å². The van der Waals surface area contributed by atoms with E-state index in [-0.39, 0.29) is 5.60 Å². The molecular weight excluding hydrogens is 250 g/mol. The Bertz CT molecular complexity index is 341. The molecule has 2 heterocycles. The van der Waals surface area contributed by atoms with Gasteiger partial charge in [0.05, 0.1) is 5.60 Å². The van der Waals surface area contributed by atoms with Crippen molar-refractivity contribution in [2.24, 2.45) is 11.7 Å². The molecule has 1 aliphatic carbocycles. The molecule has 2 N–H and O–H groups in total. The predicted molar refractivity (Wildman–Crippen MR) is 80.6 cm³/mol. The molecule has 1 spiro atoms. The summed E-state index contributed by atoms with van der Waals surface area (Å²) in [5.41, 5.74) is 8.23. The van der Waals surface area contributed by atoms with Crippen LogP contribution in [0, 0.1) is 5.92 Å². The first-order valence-electron chi connectivity index (χ1n) is 8.43. The van der Waals surface area contributed by atoms with Gasteiger partial charge in [-0.25, -0.2) is 0 Å². The molecule has 0 saturated carbocycles. The van der Waals surface area contributed by atoms with Gasteiger partial charge in [0, 0.05) is 25.9 Å². The molecule has 0 aromatic carbocycles. The van der Waals surface area contributed by atoms with Gasteiger partial charge in [0.25, 0.3) is 0 Å². The predicted octanol–water partition coefficient (Wildman–Crippen LogP) is 3.18. The summed E-state index contributed by atoms with van der Waals surface area (Å²) >= 11 is 0. The van der Waals surface area contributed by atoms with Crippen molar-refractivity contribution in [3.05, 3.63) is 11.6 Å². The summed E-state index contributed by atoms with van der Waals surface area (Å²) in [5, 5.41) is 0. The van der Waals surface area contributed by atoms with Crippen LogP contribution < -0.4 is 5.73 Å². The summed E-state index contributed by atoms with van der Waals surface area (Å²) in [5.74, 6) is 0.629. The van der Waals surface area contributed by atoms with Crippen molar-refractivity contribution in [2.75, 3.05) is 19.8 Å². The van der Waals surface area contributed by atoms with Gasteiger partial charge in [-0.2, -0.15) is 0 Å². The fourth-order valence-electron chi connectivity index (χ4n) is 4.08. The van der Waals surface area contributed by atoms with Crippen molar-refractivity contribution < 1.29 is 9.47 Å². The minimum atomic E-state index is 0.0831. The van der Waals surface area contributed by atoms with Gasteiger partial charge in [0.1, 0.15) is 0 Å². The molecule has 0 amide bonds. The Hall–Kier alpha value is -0.380. The molecule has 3 heteroatoms. The second-order valence-corrected chi connectivity index (χ2v) is 6.87. The summed E-state index contributed by atoms with van der Waals surface area (Å²) in [4.78, 5) is 0.